The molecule has 138 valence electrons. The van der Waals surface area contributed by atoms with Gasteiger partial charge >= 0.3 is 0 Å². The first-order chi connectivity index (χ1) is 14.3. The normalized spacial score (nSPS) is 10.9. The number of benzene rings is 4. The van der Waals surface area contributed by atoms with E-state index in [1.807, 2.05) is 48.5 Å². The molecule has 0 fully saturated rings. The van der Waals surface area contributed by atoms with Gasteiger partial charge in [-0.2, -0.15) is 4.80 Å². The number of para-hydroxylation sites is 1. The number of nitrogens with zero attached hydrogens (tertiary/aromatic N) is 3. The lowest BCUT2D eigenvalue weighted by molar-refractivity contribution is 0.751. The summed E-state index contributed by atoms with van der Waals surface area (Å²) >= 11 is 0. The molecule has 0 aliphatic carbocycles. The van der Waals surface area contributed by atoms with Crippen molar-refractivity contribution in [3.63, 3.8) is 0 Å². The van der Waals surface area contributed by atoms with E-state index in [4.69, 9.17) is 10.2 Å². The molecule has 0 saturated carbocycles. The van der Waals surface area contributed by atoms with Gasteiger partial charge in [0, 0.05) is 11.1 Å². The standard InChI is InChI=1S/C26H19N3/c1-19(20-11-4-2-5-12-20)25-26(28-29(27-25)22-15-6-3-7-16-22)24-18-10-14-21-13-8-9-17-23(21)24/h2-18H,1H2. The molecule has 0 saturated heterocycles. The molecule has 4 aromatic carbocycles. The van der Waals surface area contributed by atoms with E-state index in [1.165, 1.54) is 5.39 Å². The zero-order chi connectivity index (χ0) is 19.6. The zero-order valence-corrected chi connectivity index (χ0v) is 15.9. The fourth-order valence-electron chi connectivity index (χ4n) is 3.58. The molecule has 0 spiro atoms. The highest BCUT2D eigenvalue weighted by molar-refractivity contribution is 5.98. The average Bonchev–Trinajstić information content (AvgIpc) is 3.24. The summed E-state index contributed by atoms with van der Waals surface area (Å²) in [7, 11) is 0. The summed E-state index contributed by atoms with van der Waals surface area (Å²) in [4.78, 5) is 1.69. The lowest BCUT2D eigenvalue weighted by Crippen LogP contribution is -1.98. The van der Waals surface area contributed by atoms with Crippen molar-refractivity contribution >= 4 is 16.3 Å². The minimum atomic E-state index is 0.788. The van der Waals surface area contributed by atoms with Gasteiger partial charge in [-0.25, -0.2) is 0 Å². The SMILES string of the molecule is C=C(c1ccccc1)c1nn(-c2ccccc2)nc1-c1cccc2ccccc12. The molecule has 3 nitrogen and oxygen atoms in total. The van der Waals surface area contributed by atoms with Crippen LogP contribution in [0.5, 0.6) is 0 Å². The van der Waals surface area contributed by atoms with Gasteiger partial charge in [0.25, 0.3) is 0 Å². The second-order valence-electron chi connectivity index (χ2n) is 6.89. The Morgan fingerprint density at radius 3 is 2.10 bits per heavy atom. The summed E-state index contributed by atoms with van der Waals surface area (Å²) in [5.41, 5.74) is 5.49. The first-order valence-electron chi connectivity index (χ1n) is 9.57. The van der Waals surface area contributed by atoms with Gasteiger partial charge in [0.1, 0.15) is 11.4 Å². The number of rotatable bonds is 4. The van der Waals surface area contributed by atoms with Crippen LogP contribution in [0, 0.1) is 0 Å². The van der Waals surface area contributed by atoms with Gasteiger partial charge in [0.2, 0.25) is 0 Å². The van der Waals surface area contributed by atoms with E-state index in [9.17, 15) is 0 Å². The van der Waals surface area contributed by atoms with Crippen LogP contribution in [-0.4, -0.2) is 15.0 Å². The monoisotopic (exact) mass is 373 g/mol. The molecule has 0 radical (unpaired) electrons. The average molecular weight is 373 g/mol. The first kappa shape index (κ1) is 17.1. The van der Waals surface area contributed by atoms with E-state index in [-0.39, 0.29) is 0 Å². The van der Waals surface area contributed by atoms with Crippen LogP contribution in [-0.2, 0) is 0 Å². The van der Waals surface area contributed by atoms with Gasteiger partial charge in [-0.15, -0.1) is 10.2 Å². The maximum absolute atomic E-state index is 4.89. The molecular weight excluding hydrogens is 354 g/mol. The highest BCUT2D eigenvalue weighted by atomic mass is 15.5. The summed E-state index contributed by atoms with van der Waals surface area (Å²) in [6, 6.07) is 34.7. The zero-order valence-electron chi connectivity index (χ0n) is 15.9. The molecule has 5 rings (SSSR count). The quantitative estimate of drug-likeness (QED) is 0.378. The smallest absolute Gasteiger partial charge is 0.122 e. The maximum Gasteiger partial charge on any atom is 0.122 e. The van der Waals surface area contributed by atoms with Crippen LogP contribution < -0.4 is 0 Å². The molecular formula is C26H19N3. The van der Waals surface area contributed by atoms with Crippen LogP contribution >= 0.6 is 0 Å². The Bertz CT molecular complexity index is 1300. The van der Waals surface area contributed by atoms with Crippen LogP contribution in [0.4, 0.5) is 0 Å². The Morgan fingerprint density at radius 2 is 1.31 bits per heavy atom. The van der Waals surface area contributed by atoms with Gasteiger partial charge in [-0.1, -0.05) is 97.6 Å². The maximum atomic E-state index is 4.89. The molecule has 0 unspecified atom stereocenters. The summed E-state index contributed by atoms with van der Waals surface area (Å²) in [5, 5.41) is 12.1. The Hall–Kier alpha value is -3.98. The van der Waals surface area contributed by atoms with E-state index in [1.54, 1.807) is 4.80 Å². The molecule has 0 atom stereocenters. The Morgan fingerprint density at radius 1 is 0.655 bits per heavy atom. The number of hydrogen-bond donors (Lipinski definition) is 0. The number of hydrogen-bond acceptors (Lipinski definition) is 2. The summed E-state index contributed by atoms with van der Waals surface area (Å²) in [5.74, 6) is 0. The van der Waals surface area contributed by atoms with Crippen molar-refractivity contribution in [3.8, 4) is 16.9 Å². The van der Waals surface area contributed by atoms with E-state index in [2.05, 4.69) is 61.2 Å². The molecule has 3 heteroatoms. The van der Waals surface area contributed by atoms with Crippen molar-refractivity contribution in [2.24, 2.45) is 0 Å². The number of aromatic nitrogens is 3. The van der Waals surface area contributed by atoms with Crippen molar-refractivity contribution < 1.29 is 0 Å². The fourth-order valence-corrected chi connectivity index (χ4v) is 3.58. The van der Waals surface area contributed by atoms with Gasteiger partial charge in [0.15, 0.2) is 0 Å². The summed E-state index contributed by atoms with van der Waals surface area (Å²) in [6.45, 7) is 4.35. The highest BCUT2D eigenvalue weighted by Crippen LogP contribution is 2.34. The lowest BCUT2D eigenvalue weighted by atomic mass is 9.97. The molecule has 29 heavy (non-hydrogen) atoms. The van der Waals surface area contributed by atoms with Gasteiger partial charge in [-0.05, 0) is 28.5 Å². The van der Waals surface area contributed by atoms with Gasteiger partial charge in [-0.3, -0.25) is 0 Å². The van der Waals surface area contributed by atoms with Gasteiger partial charge < -0.3 is 0 Å². The number of fused-ring (bicyclic) bond motifs is 1. The molecule has 0 bridgehead atoms. The summed E-state index contributed by atoms with van der Waals surface area (Å²) < 4.78 is 0. The van der Waals surface area contributed by atoms with E-state index < -0.39 is 0 Å². The first-order valence-corrected chi connectivity index (χ1v) is 9.57. The van der Waals surface area contributed by atoms with E-state index >= 15 is 0 Å². The van der Waals surface area contributed by atoms with E-state index in [0.29, 0.717) is 0 Å². The Labute approximate surface area is 169 Å². The Kier molecular flexibility index (Phi) is 4.26. The van der Waals surface area contributed by atoms with Crippen LogP contribution in [0.1, 0.15) is 11.3 Å². The van der Waals surface area contributed by atoms with E-state index in [0.717, 1.165) is 39.2 Å². The topological polar surface area (TPSA) is 30.7 Å². The molecule has 0 N–H and O–H groups in total. The molecule has 0 amide bonds. The molecule has 0 aliphatic heterocycles. The molecule has 0 aliphatic rings. The van der Waals surface area contributed by atoms with Gasteiger partial charge in [0.05, 0.1) is 5.69 Å². The summed E-state index contributed by atoms with van der Waals surface area (Å²) in [6.07, 6.45) is 0. The van der Waals surface area contributed by atoms with Crippen LogP contribution in [0.2, 0.25) is 0 Å². The van der Waals surface area contributed by atoms with Crippen molar-refractivity contribution in [1.82, 2.24) is 15.0 Å². The lowest BCUT2D eigenvalue weighted by Gasteiger charge is -2.07. The minimum Gasteiger partial charge on any atom is -0.150 e. The molecule has 1 aromatic heterocycles. The fraction of sp³-hybridized carbons (Fsp3) is 0. The largest absolute Gasteiger partial charge is 0.150 e. The highest BCUT2D eigenvalue weighted by Gasteiger charge is 2.19. The third-order valence-electron chi connectivity index (χ3n) is 5.05. The second-order valence-corrected chi connectivity index (χ2v) is 6.89. The van der Waals surface area contributed by atoms with Crippen LogP contribution in [0.25, 0.3) is 33.3 Å². The van der Waals surface area contributed by atoms with Crippen molar-refractivity contribution in [3.05, 3.63) is 121 Å². The second kappa shape index (κ2) is 7.21. The molecule has 1 heterocycles. The van der Waals surface area contributed by atoms with Crippen LogP contribution in [0.15, 0.2) is 110 Å². The third-order valence-corrected chi connectivity index (χ3v) is 5.05. The predicted molar refractivity (Wildman–Crippen MR) is 119 cm³/mol. The predicted octanol–water partition coefficient (Wildman–Crippen LogP) is 6.15. The van der Waals surface area contributed by atoms with Crippen LogP contribution in [0.3, 0.4) is 0 Å². The van der Waals surface area contributed by atoms with Crippen molar-refractivity contribution in [2.45, 2.75) is 0 Å². The van der Waals surface area contributed by atoms with Crippen molar-refractivity contribution in [2.75, 3.05) is 0 Å². The van der Waals surface area contributed by atoms with Crippen molar-refractivity contribution in [1.29, 1.82) is 0 Å². The minimum absolute atomic E-state index is 0.788. The third kappa shape index (κ3) is 3.13. The molecule has 5 aromatic rings. The Balaban J connectivity index is 1.75.